The minimum Gasteiger partial charge on any atom is -0.300 e. The number of fused-ring (bicyclic) bond motifs is 1. The van der Waals surface area contributed by atoms with Crippen LogP contribution in [0.25, 0.3) is 5.57 Å². The molecule has 0 radical (unpaired) electrons. The molecule has 1 aromatic rings. The number of rotatable bonds is 4. The first-order valence-corrected chi connectivity index (χ1v) is 6.37. The number of allylic oxidation sites excluding steroid dienone is 2. The van der Waals surface area contributed by atoms with Gasteiger partial charge in [0.2, 0.25) is 0 Å². The lowest BCUT2D eigenvalue weighted by molar-refractivity contribution is -0.121. The second-order valence-electron chi connectivity index (χ2n) is 5.26. The molecule has 0 N–H and O–H groups in total. The Morgan fingerprint density at radius 1 is 1.29 bits per heavy atom. The number of carbonyl (C=O) groups is 1. The van der Waals surface area contributed by atoms with Crippen molar-refractivity contribution in [2.75, 3.05) is 0 Å². The highest BCUT2D eigenvalue weighted by molar-refractivity contribution is 5.82. The predicted octanol–water partition coefficient (Wildman–Crippen LogP) is 3.88. The van der Waals surface area contributed by atoms with Gasteiger partial charge in [0.25, 0.3) is 0 Å². The van der Waals surface area contributed by atoms with Gasteiger partial charge in [0, 0.05) is 5.92 Å². The summed E-state index contributed by atoms with van der Waals surface area (Å²) in [5, 5.41) is 0. The summed E-state index contributed by atoms with van der Waals surface area (Å²) in [5.41, 5.74) is 4.10. The first-order valence-electron chi connectivity index (χ1n) is 6.37. The zero-order chi connectivity index (χ0) is 12.4. The molecule has 17 heavy (non-hydrogen) atoms. The van der Waals surface area contributed by atoms with Gasteiger partial charge in [-0.15, -0.1) is 0 Å². The molecule has 0 aromatic heterocycles. The fraction of sp³-hybridized carbons (Fsp3) is 0.438. The van der Waals surface area contributed by atoms with Gasteiger partial charge in [-0.25, -0.2) is 0 Å². The Kier molecular flexibility index (Phi) is 3.46. The largest absolute Gasteiger partial charge is 0.300 e. The molecule has 0 bridgehead atoms. The summed E-state index contributed by atoms with van der Waals surface area (Å²) in [6, 6.07) is 8.51. The van der Waals surface area contributed by atoms with Crippen LogP contribution in [0.5, 0.6) is 0 Å². The molecular formula is C16H20O. The Bertz CT molecular complexity index is 454. The summed E-state index contributed by atoms with van der Waals surface area (Å²) in [4.78, 5) is 11.7. The van der Waals surface area contributed by atoms with Gasteiger partial charge in [-0.05, 0) is 42.4 Å². The number of carbonyl (C=O) groups excluding carboxylic acids is 1. The zero-order valence-corrected chi connectivity index (χ0v) is 10.9. The van der Waals surface area contributed by atoms with Crippen molar-refractivity contribution in [1.29, 1.82) is 0 Å². The monoisotopic (exact) mass is 228 g/mol. The molecule has 0 spiro atoms. The van der Waals surface area contributed by atoms with Crippen molar-refractivity contribution < 1.29 is 4.79 Å². The molecule has 90 valence electrons. The van der Waals surface area contributed by atoms with Crippen molar-refractivity contribution in [3.8, 4) is 0 Å². The van der Waals surface area contributed by atoms with Crippen LogP contribution >= 0.6 is 0 Å². The molecule has 1 unspecified atom stereocenters. The molecule has 2 rings (SSSR count). The number of benzene rings is 1. The smallest absolute Gasteiger partial charge is 0.133 e. The fourth-order valence-electron chi connectivity index (χ4n) is 2.63. The summed E-state index contributed by atoms with van der Waals surface area (Å²) in [5.74, 6) is 0.888. The third-order valence-electron chi connectivity index (χ3n) is 3.70. The summed E-state index contributed by atoms with van der Waals surface area (Å²) >= 11 is 0. The fourth-order valence-corrected chi connectivity index (χ4v) is 2.63. The van der Waals surface area contributed by atoms with Gasteiger partial charge >= 0.3 is 0 Å². The van der Waals surface area contributed by atoms with Crippen LogP contribution in [0.4, 0.5) is 0 Å². The van der Waals surface area contributed by atoms with Gasteiger partial charge in [-0.2, -0.15) is 0 Å². The van der Waals surface area contributed by atoms with Gasteiger partial charge in [0.15, 0.2) is 0 Å². The molecule has 0 fully saturated rings. The minimum absolute atomic E-state index is 0.160. The Morgan fingerprint density at radius 2 is 2.00 bits per heavy atom. The van der Waals surface area contributed by atoms with E-state index >= 15 is 0 Å². The molecule has 1 aliphatic rings. The lowest BCUT2D eigenvalue weighted by atomic mass is 9.85. The Balaban J connectivity index is 2.18. The van der Waals surface area contributed by atoms with Gasteiger partial charge in [-0.1, -0.05) is 44.2 Å². The highest BCUT2D eigenvalue weighted by atomic mass is 16.1. The minimum atomic E-state index is 0.160. The van der Waals surface area contributed by atoms with E-state index in [2.05, 4.69) is 44.2 Å². The quantitative estimate of drug-likeness (QED) is 0.764. The van der Waals surface area contributed by atoms with Gasteiger partial charge in [-0.3, -0.25) is 4.79 Å². The lowest BCUT2D eigenvalue weighted by Crippen LogP contribution is -2.17. The first-order chi connectivity index (χ1) is 8.09. The average molecular weight is 228 g/mol. The highest BCUT2D eigenvalue weighted by Gasteiger charge is 2.23. The molecule has 0 aliphatic heterocycles. The van der Waals surface area contributed by atoms with Crippen LogP contribution in [-0.4, -0.2) is 5.78 Å². The predicted molar refractivity (Wildman–Crippen MR) is 71.7 cm³/mol. The van der Waals surface area contributed by atoms with Crippen molar-refractivity contribution in [3.05, 3.63) is 41.5 Å². The van der Waals surface area contributed by atoms with Crippen molar-refractivity contribution in [2.24, 2.45) is 11.8 Å². The van der Waals surface area contributed by atoms with Crippen molar-refractivity contribution >= 4 is 11.4 Å². The first kappa shape index (κ1) is 12.1. The van der Waals surface area contributed by atoms with Crippen molar-refractivity contribution in [1.82, 2.24) is 0 Å². The van der Waals surface area contributed by atoms with E-state index in [0.717, 1.165) is 12.8 Å². The third-order valence-corrected chi connectivity index (χ3v) is 3.70. The number of hydrogen-bond donors (Lipinski definition) is 0. The van der Waals surface area contributed by atoms with Crippen LogP contribution in [0, 0.1) is 11.8 Å². The topological polar surface area (TPSA) is 17.1 Å². The molecule has 0 heterocycles. The summed E-state index contributed by atoms with van der Waals surface area (Å²) in [7, 11) is 0. The van der Waals surface area contributed by atoms with Crippen LogP contribution in [-0.2, 0) is 11.2 Å². The third kappa shape index (κ3) is 2.49. The molecule has 0 amide bonds. The van der Waals surface area contributed by atoms with E-state index < -0.39 is 0 Å². The van der Waals surface area contributed by atoms with E-state index in [1.165, 1.54) is 16.7 Å². The van der Waals surface area contributed by atoms with Crippen LogP contribution in [0.2, 0.25) is 0 Å². The molecule has 0 saturated heterocycles. The van der Waals surface area contributed by atoms with Crippen LogP contribution in [0.1, 0.15) is 38.3 Å². The van der Waals surface area contributed by atoms with Crippen LogP contribution in [0.3, 0.4) is 0 Å². The number of ketones is 1. The van der Waals surface area contributed by atoms with Gasteiger partial charge < -0.3 is 0 Å². The Hall–Kier alpha value is -1.37. The maximum atomic E-state index is 11.7. The van der Waals surface area contributed by atoms with Gasteiger partial charge in [0.1, 0.15) is 5.78 Å². The zero-order valence-electron chi connectivity index (χ0n) is 10.9. The van der Waals surface area contributed by atoms with E-state index in [1.807, 2.05) is 0 Å². The van der Waals surface area contributed by atoms with Gasteiger partial charge in [0.05, 0.1) is 0 Å². The number of Topliss-reactive ketones (excluding diaryl/α,β-unsaturated/α-hetero) is 1. The molecule has 0 saturated carbocycles. The molecule has 1 aromatic carbocycles. The summed E-state index contributed by atoms with van der Waals surface area (Å²) in [6.07, 6.45) is 4.20. The maximum absolute atomic E-state index is 11.7. The second kappa shape index (κ2) is 4.87. The molecule has 1 aliphatic carbocycles. The molecule has 1 atom stereocenters. The highest BCUT2D eigenvalue weighted by Crippen LogP contribution is 2.34. The van der Waals surface area contributed by atoms with E-state index in [4.69, 9.17) is 0 Å². The summed E-state index contributed by atoms with van der Waals surface area (Å²) in [6.45, 7) is 5.98. The molecule has 1 heteroatoms. The van der Waals surface area contributed by atoms with Crippen molar-refractivity contribution in [3.63, 3.8) is 0 Å². The Labute approximate surface area is 104 Å². The van der Waals surface area contributed by atoms with E-state index in [9.17, 15) is 4.79 Å². The van der Waals surface area contributed by atoms with Crippen LogP contribution in [0.15, 0.2) is 30.3 Å². The van der Waals surface area contributed by atoms with Crippen LogP contribution < -0.4 is 0 Å². The second-order valence-corrected chi connectivity index (χ2v) is 5.26. The number of hydrogen-bond acceptors (Lipinski definition) is 1. The normalized spacial score (nSPS) is 15.6. The Morgan fingerprint density at radius 3 is 2.65 bits per heavy atom. The van der Waals surface area contributed by atoms with E-state index in [-0.39, 0.29) is 5.92 Å². The SMILES string of the molecule is CC(=O)C(CC1=CCc2ccccc21)C(C)C. The standard InChI is InChI=1S/C16H20O/c1-11(2)16(12(3)17)10-14-9-8-13-6-4-5-7-15(13)14/h4-7,9,11,16H,8,10H2,1-3H3. The maximum Gasteiger partial charge on any atom is 0.133 e. The molecular weight excluding hydrogens is 208 g/mol. The summed E-state index contributed by atoms with van der Waals surface area (Å²) < 4.78 is 0. The van der Waals surface area contributed by atoms with Crippen molar-refractivity contribution in [2.45, 2.75) is 33.6 Å². The molecule has 1 nitrogen and oxygen atoms in total. The van der Waals surface area contributed by atoms with E-state index in [0.29, 0.717) is 11.7 Å². The lowest BCUT2D eigenvalue weighted by Gasteiger charge is -2.19. The van der Waals surface area contributed by atoms with E-state index in [1.54, 1.807) is 6.92 Å². The average Bonchev–Trinajstić information content (AvgIpc) is 2.68.